The minimum atomic E-state index is 0.397. The summed E-state index contributed by atoms with van der Waals surface area (Å²) in [5, 5.41) is 0. The molecule has 0 N–H and O–H groups in total. The minimum absolute atomic E-state index is 0.397. The molecule has 6 heteroatoms. The molecule has 1 aromatic carbocycles. The lowest BCUT2D eigenvalue weighted by Crippen LogP contribution is -2.34. The Morgan fingerprint density at radius 2 is 1.97 bits per heavy atom. The van der Waals surface area contributed by atoms with Crippen molar-refractivity contribution in [3.8, 4) is 17.1 Å². The predicted octanol–water partition coefficient (Wildman–Crippen LogP) is 3.99. The summed E-state index contributed by atoms with van der Waals surface area (Å²) in [4.78, 5) is 18.5. The molecule has 0 aliphatic carbocycles. The van der Waals surface area contributed by atoms with Crippen LogP contribution in [0.3, 0.4) is 0 Å². The van der Waals surface area contributed by atoms with Crippen molar-refractivity contribution in [2.24, 2.45) is 0 Å². The van der Waals surface area contributed by atoms with Gasteiger partial charge in [0, 0.05) is 57.1 Å². The number of hydrogen-bond acceptors (Lipinski definition) is 6. The molecular formula is C24H29N5O. The fourth-order valence-electron chi connectivity index (χ4n) is 3.94. The third kappa shape index (κ3) is 4.76. The first-order valence-corrected chi connectivity index (χ1v) is 10.4. The number of methoxy groups -OCH3 is 1. The molecule has 1 aliphatic heterocycles. The van der Waals surface area contributed by atoms with Gasteiger partial charge in [-0.1, -0.05) is 12.1 Å². The van der Waals surface area contributed by atoms with Crippen molar-refractivity contribution in [2.75, 3.05) is 39.2 Å². The van der Waals surface area contributed by atoms with E-state index in [-0.39, 0.29) is 0 Å². The lowest BCUT2D eigenvalue weighted by Gasteiger charge is -2.33. The second-order valence-corrected chi connectivity index (χ2v) is 8.03. The Labute approximate surface area is 178 Å². The van der Waals surface area contributed by atoms with E-state index in [0.29, 0.717) is 5.92 Å². The maximum absolute atomic E-state index is 5.28. The van der Waals surface area contributed by atoms with Crippen LogP contribution < -0.4 is 9.64 Å². The van der Waals surface area contributed by atoms with Gasteiger partial charge in [0.1, 0.15) is 11.6 Å². The van der Waals surface area contributed by atoms with Gasteiger partial charge in [0.25, 0.3) is 0 Å². The van der Waals surface area contributed by atoms with Crippen LogP contribution in [0, 0.1) is 0 Å². The minimum Gasteiger partial charge on any atom is -0.497 e. The van der Waals surface area contributed by atoms with Crippen LogP contribution in [-0.4, -0.2) is 54.1 Å². The Morgan fingerprint density at radius 3 is 2.67 bits per heavy atom. The van der Waals surface area contributed by atoms with Gasteiger partial charge in [-0.05, 0) is 49.2 Å². The van der Waals surface area contributed by atoms with Crippen LogP contribution in [0.2, 0.25) is 0 Å². The van der Waals surface area contributed by atoms with Gasteiger partial charge >= 0.3 is 0 Å². The van der Waals surface area contributed by atoms with Crippen molar-refractivity contribution in [3.63, 3.8) is 0 Å². The summed E-state index contributed by atoms with van der Waals surface area (Å²) < 4.78 is 5.28. The Hall–Kier alpha value is -2.99. The van der Waals surface area contributed by atoms with Gasteiger partial charge in [-0.15, -0.1) is 0 Å². The number of hydrogen-bond donors (Lipinski definition) is 0. The number of anilines is 1. The average Bonchev–Trinajstić information content (AvgIpc) is 2.80. The van der Waals surface area contributed by atoms with Crippen molar-refractivity contribution >= 4 is 5.82 Å². The van der Waals surface area contributed by atoms with E-state index < -0.39 is 0 Å². The average molecular weight is 404 g/mol. The van der Waals surface area contributed by atoms with E-state index in [2.05, 4.69) is 28.1 Å². The third-order valence-electron chi connectivity index (χ3n) is 5.60. The zero-order chi connectivity index (χ0) is 20.9. The van der Waals surface area contributed by atoms with Crippen LogP contribution in [-0.2, 0) is 6.54 Å². The zero-order valence-corrected chi connectivity index (χ0v) is 18.0. The molecule has 0 amide bonds. The molecule has 0 radical (unpaired) electrons. The monoisotopic (exact) mass is 403 g/mol. The van der Waals surface area contributed by atoms with E-state index in [1.54, 1.807) is 13.3 Å². The number of nitrogens with zero attached hydrogens (tertiary/aromatic N) is 5. The topological polar surface area (TPSA) is 54.4 Å². The summed E-state index contributed by atoms with van der Waals surface area (Å²) in [6, 6.07) is 14.5. The standard InChI is InChI=1S/C24H29N5O/c1-28(2)23-14-22(26-24(27-23)19-6-4-12-25-15-19)20-7-5-13-29(17-20)16-18-8-10-21(30-3)11-9-18/h4,6,8-12,14-15,20H,5,7,13,16-17H2,1-3H3/t20-/m0/s1. The van der Waals surface area contributed by atoms with Gasteiger partial charge in [-0.2, -0.15) is 0 Å². The second-order valence-electron chi connectivity index (χ2n) is 8.03. The largest absolute Gasteiger partial charge is 0.497 e. The van der Waals surface area contributed by atoms with Crippen LogP contribution in [0.15, 0.2) is 54.9 Å². The molecule has 0 saturated carbocycles. The van der Waals surface area contributed by atoms with Crippen molar-refractivity contribution in [3.05, 3.63) is 66.1 Å². The molecule has 2 aromatic heterocycles. The lowest BCUT2D eigenvalue weighted by atomic mass is 9.94. The first kappa shape index (κ1) is 20.3. The van der Waals surface area contributed by atoms with Crippen molar-refractivity contribution in [2.45, 2.75) is 25.3 Å². The van der Waals surface area contributed by atoms with Crippen molar-refractivity contribution in [1.29, 1.82) is 0 Å². The van der Waals surface area contributed by atoms with E-state index in [4.69, 9.17) is 14.7 Å². The number of piperidine rings is 1. The molecule has 3 aromatic rings. The Balaban J connectivity index is 1.55. The van der Waals surface area contributed by atoms with Crippen LogP contribution >= 0.6 is 0 Å². The van der Waals surface area contributed by atoms with E-state index >= 15 is 0 Å². The Bertz CT molecular complexity index is 959. The highest BCUT2D eigenvalue weighted by molar-refractivity contribution is 5.56. The molecule has 4 rings (SSSR count). The molecule has 0 bridgehead atoms. The molecule has 6 nitrogen and oxygen atoms in total. The lowest BCUT2D eigenvalue weighted by molar-refractivity contribution is 0.198. The summed E-state index contributed by atoms with van der Waals surface area (Å²) in [5.41, 5.74) is 3.38. The number of likely N-dealkylation sites (tertiary alicyclic amines) is 1. The molecule has 0 spiro atoms. The SMILES string of the molecule is COc1ccc(CN2CCC[C@H](c3cc(N(C)C)nc(-c4cccnc4)n3)C2)cc1. The van der Waals surface area contributed by atoms with Crippen molar-refractivity contribution in [1.82, 2.24) is 19.9 Å². The van der Waals surface area contributed by atoms with E-state index in [0.717, 1.165) is 54.7 Å². The normalized spacial score (nSPS) is 17.0. The molecule has 1 fully saturated rings. The van der Waals surface area contributed by atoms with Gasteiger partial charge < -0.3 is 9.64 Å². The molecular weight excluding hydrogens is 374 g/mol. The second kappa shape index (κ2) is 9.22. The van der Waals surface area contributed by atoms with Crippen molar-refractivity contribution < 1.29 is 4.74 Å². The molecule has 0 unspecified atom stereocenters. The smallest absolute Gasteiger partial charge is 0.163 e. The first-order chi connectivity index (χ1) is 14.6. The summed E-state index contributed by atoms with van der Waals surface area (Å²) >= 11 is 0. The molecule has 30 heavy (non-hydrogen) atoms. The first-order valence-electron chi connectivity index (χ1n) is 10.4. The fraction of sp³-hybridized carbons (Fsp3) is 0.375. The Morgan fingerprint density at radius 1 is 1.13 bits per heavy atom. The highest BCUT2D eigenvalue weighted by Crippen LogP contribution is 2.30. The van der Waals surface area contributed by atoms with Crippen LogP contribution in [0.1, 0.15) is 30.0 Å². The molecule has 3 heterocycles. The summed E-state index contributed by atoms with van der Waals surface area (Å²) in [6.07, 6.45) is 5.92. The van der Waals surface area contributed by atoms with Gasteiger partial charge in [0.2, 0.25) is 0 Å². The quantitative estimate of drug-likeness (QED) is 0.620. The Kier molecular flexibility index (Phi) is 6.23. The maximum atomic E-state index is 5.28. The zero-order valence-electron chi connectivity index (χ0n) is 18.0. The summed E-state index contributed by atoms with van der Waals surface area (Å²) in [5.74, 6) is 2.98. The highest BCUT2D eigenvalue weighted by atomic mass is 16.5. The highest BCUT2D eigenvalue weighted by Gasteiger charge is 2.24. The number of rotatable bonds is 6. The molecule has 1 atom stereocenters. The van der Waals surface area contributed by atoms with Gasteiger partial charge in [0.15, 0.2) is 5.82 Å². The van der Waals surface area contributed by atoms with Gasteiger partial charge in [-0.25, -0.2) is 9.97 Å². The number of benzene rings is 1. The number of pyridine rings is 1. The maximum Gasteiger partial charge on any atom is 0.163 e. The fourth-order valence-corrected chi connectivity index (χ4v) is 3.94. The summed E-state index contributed by atoms with van der Waals surface area (Å²) in [6.45, 7) is 3.06. The van der Waals surface area contributed by atoms with E-state index in [1.807, 2.05) is 49.5 Å². The van der Waals surface area contributed by atoms with E-state index in [9.17, 15) is 0 Å². The van der Waals surface area contributed by atoms with Crippen LogP contribution in [0.5, 0.6) is 5.75 Å². The summed E-state index contributed by atoms with van der Waals surface area (Å²) in [7, 11) is 5.75. The number of ether oxygens (including phenoxy) is 1. The van der Waals surface area contributed by atoms with Crippen LogP contribution in [0.25, 0.3) is 11.4 Å². The molecule has 156 valence electrons. The van der Waals surface area contributed by atoms with E-state index in [1.165, 1.54) is 12.0 Å². The third-order valence-corrected chi connectivity index (χ3v) is 5.60. The van der Waals surface area contributed by atoms with Crippen LogP contribution in [0.4, 0.5) is 5.82 Å². The predicted molar refractivity (Wildman–Crippen MR) is 120 cm³/mol. The van der Waals surface area contributed by atoms with Gasteiger partial charge in [0.05, 0.1) is 12.8 Å². The number of aromatic nitrogens is 3. The van der Waals surface area contributed by atoms with Gasteiger partial charge in [-0.3, -0.25) is 9.88 Å². The molecule has 1 saturated heterocycles. The molecule has 1 aliphatic rings.